The van der Waals surface area contributed by atoms with Crippen LogP contribution in [0, 0.1) is 0 Å². The molecule has 0 radical (unpaired) electrons. The van der Waals surface area contributed by atoms with E-state index < -0.39 is 0 Å². The number of hydrogen-bond acceptors (Lipinski definition) is 7. The number of nitrogens with one attached hydrogen (secondary N) is 2. The average molecular weight is 541 g/mol. The van der Waals surface area contributed by atoms with Crippen molar-refractivity contribution in [3.05, 3.63) is 58.1 Å². The zero-order valence-electron chi connectivity index (χ0n) is 20.6. The van der Waals surface area contributed by atoms with Crippen LogP contribution < -0.4 is 19.7 Å². The number of amides is 1. The Kier molecular flexibility index (Phi) is 7.10. The quantitative estimate of drug-likeness (QED) is 0.357. The summed E-state index contributed by atoms with van der Waals surface area (Å²) in [5.41, 5.74) is 3.09. The van der Waals surface area contributed by atoms with E-state index in [9.17, 15) is 4.79 Å². The fourth-order valence-corrected chi connectivity index (χ4v) is 5.01. The summed E-state index contributed by atoms with van der Waals surface area (Å²) in [7, 11) is 5.15. The van der Waals surface area contributed by atoms with Crippen molar-refractivity contribution >= 4 is 51.6 Å². The Balaban J connectivity index is 1.37. The first-order valence-corrected chi connectivity index (χ1v) is 12.5. The fourth-order valence-electron chi connectivity index (χ4n) is 4.32. The summed E-state index contributed by atoms with van der Waals surface area (Å²) in [6.07, 6.45) is 0. The molecule has 1 amide bonds. The minimum Gasteiger partial charge on any atom is -0.495 e. The van der Waals surface area contributed by atoms with Crippen LogP contribution >= 0.6 is 23.2 Å². The zero-order chi connectivity index (χ0) is 26.1. The van der Waals surface area contributed by atoms with Gasteiger partial charge in [0.2, 0.25) is 0 Å². The Morgan fingerprint density at radius 2 is 1.62 bits per heavy atom. The van der Waals surface area contributed by atoms with Gasteiger partial charge in [-0.15, -0.1) is 0 Å². The standard InChI is InChI=1S/C26H26Cl2N6O3/c1-33-10-12-34(13-11-33)16-6-4-15(5-7-16)26(35)30-25-17-8-9-18(29-24(17)31-32-25)21-22(27)19(36-2)14-20(37-3)23(21)28/h4-9,14H,10-13H2,1-3H3,(H2,29,30,31,32,35). The lowest BCUT2D eigenvalue weighted by Crippen LogP contribution is -2.44. The summed E-state index contributed by atoms with van der Waals surface area (Å²) >= 11 is 13.1. The number of aromatic amines is 1. The van der Waals surface area contributed by atoms with Crippen molar-refractivity contribution in [2.75, 3.05) is 57.7 Å². The molecule has 0 atom stereocenters. The van der Waals surface area contributed by atoms with Crippen LogP contribution in [0.5, 0.6) is 11.5 Å². The number of likely N-dealkylation sites (N-methyl/N-ethyl adjacent to an activating group) is 1. The van der Waals surface area contributed by atoms with Crippen molar-refractivity contribution in [1.82, 2.24) is 20.1 Å². The Labute approximate surface area is 224 Å². The summed E-state index contributed by atoms with van der Waals surface area (Å²) in [4.78, 5) is 22.2. The van der Waals surface area contributed by atoms with Crippen molar-refractivity contribution < 1.29 is 14.3 Å². The summed E-state index contributed by atoms with van der Waals surface area (Å²) in [6, 6.07) is 12.8. The maximum absolute atomic E-state index is 12.9. The van der Waals surface area contributed by atoms with E-state index in [0.717, 1.165) is 31.9 Å². The van der Waals surface area contributed by atoms with Gasteiger partial charge in [-0.05, 0) is 43.4 Å². The van der Waals surface area contributed by atoms with Crippen LogP contribution in [0.4, 0.5) is 11.5 Å². The molecule has 37 heavy (non-hydrogen) atoms. The molecule has 192 valence electrons. The van der Waals surface area contributed by atoms with Gasteiger partial charge in [0, 0.05) is 49.1 Å². The highest BCUT2D eigenvalue weighted by atomic mass is 35.5. The van der Waals surface area contributed by atoms with Crippen LogP contribution in [0.2, 0.25) is 10.0 Å². The van der Waals surface area contributed by atoms with E-state index in [1.165, 1.54) is 14.2 Å². The van der Waals surface area contributed by atoms with Gasteiger partial charge in [0.1, 0.15) is 11.5 Å². The normalized spacial score (nSPS) is 14.1. The number of carbonyl (C=O) groups is 1. The minimum atomic E-state index is -0.258. The first kappa shape index (κ1) is 25.1. The van der Waals surface area contributed by atoms with E-state index in [1.807, 2.05) is 24.3 Å². The Morgan fingerprint density at radius 3 is 2.24 bits per heavy atom. The van der Waals surface area contributed by atoms with Gasteiger partial charge in [-0.2, -0.15) is 5.10 Å². The predicted octanol–water partition coefficient (Wildman–Crippen LogP) is 4.95. The SMILES string of the molecule is COc1cc(OC)c(Cl)c(-c2ccc3c(NC(=O)c4ccc(N5CCN(C)CC5)cc4)n[nH]c3n2)c1Cl. The zero-order valence-corrected chi connectivity index (χ0v) is 22.2. The number of aromatic nitrogens is 3. The number of piperazine rings is 1. The molecule has 0 spiro atoms. The third-order valence-electron chi connectivity index (χ3n) is 6.48. The van der Waals surface area contributed by atoms with E-state index >= 15 is 0 Å². The average Bonchev–Trinajstić information content (AvgIpc) is 3.31. The van der Waals surface area contributed by atoms with Gasteiger partial charge in [0.05, 0.1) is 35.3 Å². The highest BCUT2D eigenvalue weighted by molar-refractivity contribution is 6.41. The van der Waals surface area contributed by atoms with Crippen LogP contribution in [0.3, 0.4) is 0 Å². The first-order chi connectivity index (χ1) is 17.9. The summed E-state index contributed by atoms with van der Waals surface area (Å²) in [5, 5.41) is 11.3. The van der Waals surface area contributed by atoms with Crippen molar-refractivity contribution in [1.29, 1.82) is 0 Å². The number of carbonyl (C=O) groups excluding carboxylic acids is 1. The van der Waals surface area contributed by atoms with E-state index in [-0.39, 0.29) is 5.91 Å². The lowest BCUT2D eigenvalue weighted by Gasteiger charge is -2.34. The molecule has 1 fully saturated rings. The number of halogens is 2. The third-order valence-corrected chi connectivity index (χ3v) is 7.23. The molecule has 3 heterocycles. The van der Waals surface area contributed by atoms with E-state index in [4.69, 9.17) is 32.7 Å². The number of methoxy groups -OCH3 is 2. The lowest BCUT2D eigenvalue weighted by molar-refractivity contribution is 0.102. The second-order valence-electron chi connectivity index (χ2n) is 8.74. The van der Waals surface area contributed by atoms with Crippen molar-refractivity contribution in [3.63, 3.8) is 0 Å². The molecule has 2 aromatic carbocycles. The first-order valence-electron chi connectivity index (χ1n) is 11.7. The molecule has 2 N–H and O–H groups in total. The van der Waals surface area contributed by atoms with Gasteiger partial charge in [-0.1, -0.05) is 23.2 Å². The molecule has 1 saturated heterocycles. The van der Waals surface area contributed by atoms with Crippen molar-refractivity contribution in [2.45, 2.75) is 0 Å². The van der Waals surface area contributed by atoms with Crippen molar-refractivity contribution in [2.24, 2.45) is 0 Å². The van der Waals surface area contributed by atoms with Gasteiger partial charge >= 0.3 is 0 Å². The number of pyridine rings is 1. The van der Waals surface area contributed by atoms with Crippen molar-refractivity contribution in [3.8, 4) is 22.8 Å². The molecule has 1 aliphatic heterocycles. The maximum Gasteiger partial charge on any atom is 0.256 e. The smallest absolute Gasteiger partial charge is 0.256 e. The van der Waals surface area contributed by atoms with Crippen LogP contribution in [-0.4, -0.2) is 73.4 Å². The number of H-pyrrole nitrogens is 1. The monoisotopic (exact) mass is 540 g/mol. The molecule has 9 nitrogen and oxygen atoms in total. The second kappa shape index (κ2) is 10.5. The molecule has 0 saturated carbocycles. The number of nitrogens with zero attached hydrogens (tertiary/aromatic N) is 4. The van der Waals surface area contributed by atoms with Crippen LogP contribution in [0.25, 0.3) is 22.3 Å². The molecule has 0 aliphatic carbocycles. The maximum atomic E-state index is 12.9. The van der Waals surface area contributed by atoms with Gasteiger partial charge in [0.25, 0.3) is 5.91 Å². The van der Waals surface area contributed by atoms with Gasteiger partial charge in [0.15, 0.2) is 11.5 Å². The number of hydrogen-bond donors (Lipinski definition) is 2. The summed E-state index contributed by atoms with van der Waals surface area (Å²) < 4.78 is 10.7. The Bertz CT molecular complexity index is 1420. The molecular formula is C26H26Cl2N6O3. The molecular weight excluding hydrogens is 515 g/mol. The summed E-state index contributed by atoms with van der Waals surface area (Å²) in [5.74, 6) is 0.945. The predicted molar refractivity (Wildman–Crippen MR) is 147 cm³/mol. The molecule has 0 bridgehead atoms. The van der Waals surface area contributed by atoms with Gasteiger partial charge in [-0.3, -0.25) is 9.89 Å². The second-order valence-corrected chi connectivity index (χ2v) is 9.50. The molecule has 0 unspecified atom stereocenters. The fraction of sp³-hybridized carbons (Fsp3) is 0.269. The van der Waals surface area contributed by atoms with Gasteiger partial charge in [-0.25, -0.2) is 4.98 Å². The molecule has 1 aliphatic rings. The highest BCUT2D eigenvalue weighted by Gasteiger charge is 2.21. The molecule has 4 aromatic rings. The topological polar surface area (TPSA) is 95.6 Å². The lowest BCUT2D eigenvalue weighted by atomic mass is 10.1. The number of anilines is 2. The number of ether oxygens (including phenoxy) is 2. The Hall–Kier alpha value is -3.53. The molecule has 2 aromatic heterocycles. The third kappa shape index (κ3) is 4.90. The largest absolute Gasteiger partial charge is 0.495 e. The highest BCUT2D eigenvalue weighted by Crippen LogP contribution is 2.45. The van der Waals surface area contributed by atoms with Crippen LogP contribution in [0.1, 0.15) is 10.4 Å². The van der Waals surface area contributed by atoms with E-state index in [1.54, 1.807) is 18.2 Å². The number of benzene rings is 2. The van der Waals surface area contributed by atoms with Crippen LogP contribution in [-0.2, 0) is 0 Å². The van der Waals surface area contributed by atoms with Crippen LogP contribution in [0.15, 0.2) is 42.5 Å². The number of rotatable bonds is 6. The summed E-state index contributed by atoms with van der Waals surface area (Å²) in [6.45, 7) is 3.98. The van der Waals surface area contributed by atoms with Gasteiger partial charge < -0.3 is 24.6 Å². The van der Waals surface area contributed by atoms with E-state index in [0.29, 0.717) is 55.2 Å². The van der Waals surface area contributed by atoms with E-state index in [2.05, 4.69) is 37.3 Å². The Morgan fingerprint density at radius 1 is 0.973 bits per heavy atom. The minimum absolute atomic E-state index is 0.258. The number of fused-ring (bicyclic) bond motifs is 1. The molecule has 11 heteroatoms. The molecule has 5 rings (SSSR count).